The normalized spacial score (nSPS) is 11.5. The predicted molar refractivity (Wildman–Crippen MR) is 124 cm³/mol. The van der Waals surface area contributed by atoms with Gasteiger partial charge in [-0.15, -0.1) is 0 Å². The number of hydrogen-bond acceptors (Lipinski definition) is 6. The van der Waals surface area contributed by atoms with E-state index in [1.165, 1.54) is 18.0 Å². The first kappa shape index (κ1) is 23.4. The van der Waals surface area contributed by atoms with E-state index in [1.807, 2.05) is 13.0 Å². The molecule has 3 rings (SSSR count). The maximum absolute atomic E-state index is 13.3. The fourth-order valence-electron chi connectivity index (χ4n) is 3.23. The summed E-state index contributed by atoms with van der Waals surface area (Å²) in [5.74, 6) is 0.211. The van der Waals surface area contributed by atoms with Crippen molar-refractivity contribution in [2.24, 2.45) is 5.41 Å². The fourth-order valence-corrected chi connectivity index (χ4v) is 3.23. The molecule has 0 saturated carbocycles. The van der Waals surface area contributed by atoms with Gasteiger partial charge in [0.15, 0.2) is 0 Å². The third-order valence-electron chi connectivity index (χ3n) is 4.86. The van der Waals surface area contributed by atoms with Crippen molar-refractivity contribution in [3.63, 3.8) is 0 Å². The van der Waals surface area contributed by atoms with E-state index in [0.29, 0.717) is 41.1 Å². The lowest BCUT2D eigenvalue weighted by molar-refractivity contribution is 0.0537. The molecule has 1 aromatic heterocycles. The van der Waals surface area contributed by atoms with E-state index in [2.05, 4.69) is 36.6 Å². The van der Waals surface area contributed by atoms with Crippen LogP contribution in [-0.4, -0.2) is 42.3 Å². The van der Waals surface area contributed by atoms with Crippen molar-refractivity contribution in [2.45, 2.75) is 27.7 Å². The molecule has 0 fully saturated rings. The topological polar surface area (TPSA) is 94.5 Å². The Morgan fingerprint density at radius 3 is 2.66 bits per heavy atom. The number of nitrogens with zero attached hydrogens (tertiary/aromatic N) is 2. The van der Waals surface area contributed by atoms with Crippen molar-refractivity contribution in [2.75, 3.05) is 26.8 Å². The first-order valence-corrected chi connectivity index (χ1v) is 10.5. The van der Waals surface area contributed by atoms with E-state index in [1.54, 1.807) is 30.3 Å². The molecule has 0 radical (unpaired) electrons. The van der Waals surface area contributed by atoms with Crippen LogP contribution < -0.4 is 21.1 Å². The molecule has 0 aliphatic heterocycles. The molecule has 0 aliphatic carbocycles. The van der Waals surface area contributed by atoms with Crippen LogP contribution in [0.1, 0.15) is 36.7 Å². The smallest absolute Gasteiger partial charge is 0.274 e. The van der Waals surface area contributed by atoms with Gasteiger partial charge in [0.2, 0.25) is 0 Å². The van der Waals surface area contributed by atoms with Crippen LogP contribution in [0.15, 0.2) is 47.5 Å². The van der Waals surface area contributed by atoms with Gasteiger partial charge in [-0.3, -0.25) is 19.0 Å². The number of aromatic nitrogens is 2. The van der Waals surface area contributed by atoms with E-state index in [0.717, 1.165) is 12.1 Å². The zero-order chi connectivity index (χ0) is 23.3. The summed E-state index contributed by atoms with van der Waals surface area (Å²) >= 11 is 0. The number of benzene rings is 2. The third-order valence-corrected chi connectivity index (χ3v) is 4.86. The Morgan fingerprint density at radius 1 is 1.16 bits per heavy atom. The van der Waals surface area contributed by atoms with E-state index in [-0.39, 0.29) is 11.0 Å². The molecular formula is C24H30N4O4. The number of aryl methyl sites for hydroxylation is 1. The molecule has 0 saturated heterocycles. The van der Waals surface area contributed by atoms with Gasteiger partial charge in [0.25, 0.3) is 11.5 Å². The SMILES string of the molecule is CONC(=O)c1ccc(C)c(-n2cnc3ccc(OCCNCC(C)(C)C)cc3c2=O)c1. The Labute approximate surface area is 187 Å². The second kappa shape index (κ2) is 9.93. The molecule has 2 aromatic carbocycles. The number of hydrogen-bond donors (Lipinski definition) is 2. The number of fused-ring (bicyclic) bond motifs is 1. The Kier molecular flexibility index (Phi) is 7.27. The highest BCUT2D eigenvalue weighted by Gasteiger charge is 2.13. The Bertz CT molecular complexity index is 1160. The number of hydroxylamine groups is 1. The van der Waals surface area contributed by atoms with Crippen molar-refractivity contribution in [1.82, 2.24) is 20.3 Å². The number of amides is 1. The highest BCUT2D eigenvalue weighted by atomic mass is 16.6. The summed E-state index contributed by atoms with van der Waals surface area (Å²) in [4.78, 5) is 34.5. The lowest BCUT2D eigenvalue weighted by Crippen LogP contribution is -2.30. The van der Waals surface area contributed by atoms with Crippen LogP contribution in [-0.2, 0) is 4.84 Å². The van der Waals surface area contributed by atoms with E-state index >= 15 is 0 Å². The van der Waals surface area contributed by atoms with Crippen LogP contribution in [0.2, 0.25) is 0 Å². The maximum Gasteiger partial charge on any atom is 0.274 e. The lowest BCUT2D eigenvalue weighted by atomic mass is 9.97. The van der Waals surface area contributed by atoms with Crippen LogP contribution in [0.5, 0.6) is 5.75 Å². The largest absolute Gasteiger partial charge is 0.492 e. The Morgan fingerprint density at radius 2 is 1.94 bits per heavy atom. The van der Waals surface area contributed by atoms with Crippen LogP contribution in [0.4, 0.5) is 0 Å². The van der Waals surface area contributed by atoms with Gasteiger partial charge in [0.05, 0.1) is 23.7 Å². The second-order valence-corrected chi connectivity index (χ2v) is 8.82. The van der Waals surface area contributed by atoms with E-state index < -0.39 is 5.91 Å². The lowest BCUT2D eigenvalue weighted by Gasteiger charge is -2.18. The third kappa shape index (κ3) is 5.72. The fraction of sp³-hybridized carbons (Fsp3) is 0.375. The molecule has 8 heteroatoms. The van der Waals surface area contributed by atoms with Crippen LogP contribution in [0, 0.1) is 12.3 Å². The molecule has 3 aromatic rings. The van der Waals surface area contributed by atoms with Crippen molar-refractivity contribution >= 4 is 16.8 Å². The van der Waals surface area contributed by atoms with Gasteiger partial charge in [-0.25, -0.2) is 10.5 Å². The summed E-state index contributed by atoms with van der Waals surface area (Å²) < 4.78 is 7.27. The molecule has 170 valence electrons. The van der Waals surface area contributed by atoms with Crippen molar-refractivity contribution < 1.29 is 14.4 Å². The number of nitrogens with one attached hydrogen (secondary N) is 2. The highest BCUT2D eigenvalue weighted by Crippen LogP contribution is 2.19. The quantitative estimate of drug-likeness (QED) is 0.415. The van der Waals surface area contributed by atoms with Gasteiger partial charge >= 0.3 is 0 Å². The summed E-state index contributed by atoms with van der Waals surface area (Å²) in [7, 11) is 1.37. The second-order valence-electron chi connectivity index (χ2n) is 8.82. The van der Waals surface area contributed by atoms with E-state index in [4.69, 9.17) is 9.57 Å². The summed E-state index contributed by atoms with van der Waals surface area (Å²) in [5, 5.41) is 3.80. The molecule has 1 heterocycles. The van der Waals surface area contributed by atoms with Crippen LogP contribution in [0.3, 0.4) is 0 Å². The maximum atomic E-state index is 13.3. The zero-order valence-corrected chi connectivity index (χ0v) is 19.2. The number of carbonyl (C=O) groups excluding carboxylic acids is 1. The highest BCUT2D eigenvalue weighted by molar-refractivity contribution is 5.94. The van der Waals surface area contributed by atoms with E-state index in [9.17, 15) is 9.59 Å². The minimum absolute atomic E-state index is 0.208. The monoisotopic (exact) mass is 438 g/mol. The minimum Gasteiger partial charge on any atom is -0.492 e. The average molecular weight is 439 g/mol. The molecule has 32 heavy (non-hydrogen) atoms. The molecular weight excluding hydrogens is 408 g/mol. The summed E-state index contributed by atoms with van der Waals surface area (Å²) in [6.45, 7) is 10.5. The molecule has 0 aliphatic rings. The molecule has 8 nitrogen and oxygen atoms in total. The van der Waals surface area contributed by atoms with Gasteiger partial charge in [-0.1, -0.05) is 26.8 Å². The molecule has 0 spiro atoms. The van der Waals surface area contributed by atoms with Crippen LogP contribution in [0.25, 0.3) is 16.6 Å². The molecule has 0 unspecified atom stereocenters. The van der Waals surface area contributed by atoms with Gasteiger partial charge in [-0.05, 0) is 48.2 Å². The number of rotatable bonds is 8. The number of ether oxygens (including phenoxy) is 1. The van der Waals surface area contributed by atoms with Crippen molar-refractivity contribution in [3.05, 3.63) is 64.2 Å². The van der Waals surface area contributed by atoms with Crippen LogP contribution >= 0.6 is 0 Å². The summed E-state index contributed by atoms with van der Waals surface area (Å²) in [6.07, 6.45) is 1.47. The molecule has 0 atom stereocenters. The standard InChI is InChI=1S/C24H30N4O4/c1-16-6-7-17(22(29)27-31-5)12-21(16)28-15-26-20-9-8-18(13-19(20)23(28)30)32-11-10-25-14-24(2,3)4/h6-9,12-13,15,25H,10-11,14H2,1-5H3,(H,27,29). The molecule has 2 N–H and O–H groups in total. The average Bonchev–Trinajstić information content (AvgIpc) is 2.74. The first-order chi connectivity index (χ1) is 15.2. The Hall–Kier alpha value is -3.23. The van der Waals surface area contributed by atoms with Gasteiger partial charge in [-0.2, -0.15) is 0 Å². The van der Waals surface area contributed by atoms with Gasteiger partial charge in [0, 0.05) is 18.7 Å². The first-order valence-electron chi connectivity index (χ1n) is 10.5. The van der Waals surface area contributed by atoms with Crippen molar-refractivity contribution in [1.29, 1.82) is 0 Å². The zero-order valence-electron chi connectivity index (χ0n) is 19.2. The summed E-state index contributed by atoms with van der Waals surface area (Å²) in [5.41, 5.74) is 4.62. The van der Waals surface area contributed by atoms with Gasteiger partial charge in [0.1, 0.15) is 18.7 Å². The predicted octanol–water partition coefficient (Wildman–Crippen LogP) is 3.00. The summed E-state index contributed by atoms with van der Waals surface area (Å²) in [6, 6.07) is 10.4. The minimum atomic E-state index is -0.397. The van der Waals surface area contributed by atoms with Gasteiger partial charge < -0.3 is 10.1 Å². The molecule has 1 amide bonds. The van der Waals surface area contributed by atoms with Crippen molar-refractivity contribution in [3.8, 4) is 11.4 Å². The molecule has 0 bridgehead atoms. The Balaban J connectivity index is 1.86. The number of carbonyl (C=O) groups is 1.